The molecule has 0 saturated carbocycles. The fourth-order valence-corrected chi connectivity index (χ4v) is 1.72. The molecule has 0 aromatic carbocycles. The minimum Gasteiger partial charge on any atom is -0.362 e. The standard InChI is InChI=1S/C9H13N3O5S/c1-6(17-2)10-9-7(12(13)14)4-5-8(11-9)18(3,15)16/h4-6H,1-3H3,(H,10,11). The highest BCUT2D eigenvalue weighted by Gasteiger charge is 2.20. The summed E-state index contributed by atoms with van der Waals surface area (Å²) in [5.41, 5.74) is -0.314. The predicted molar refractivity (Wildman–Crippen MR) is 64.1 cm³/mol. The number of ether oxygens (including phenoxy) is 1. The Kier molecular flexibility index (Phi) is 4.19. The van der Waals surface area contributed by atoms with Gasteiger partial charge in [0.2, 0.25) is 5.82 Å². The lowest BCUT2D eigenvalue weighted by atomic mass is 10.4. The van der Waals surface area contributed by atoms with Gasteiger partial charge in [-0.1, -0.05) is 0 Å². The maximum atomic E-state index is 11.3. The number of methoxy groups -OCH3 is 1. The number of pyridine rings is 1. The monoisotopic (exact) mass is 275 g/mol. The summed E-state index contributed by atoms with van der Waals surface area (Å²) in [6.45, 7) is 1.61. The topological polar surface area (TPSA) is 111 Å². The zero-order chi connectivity index (χ0) is 13.9. The highest BCUT2D eigenvalue weighted by atomic mass is 32.2. The molecule has 0 radical (unpaired) electrons. The molecule has 0 amide bonds. The number of aromatic nitrogens is 1. The predicted octanol–water partition coefficient (Wildman–Crippen LogP) is 0.798. The molecule has 1 unspecified atom stereocenters. The second kappa shape index (κ2) is 5.27. The average Bonchev–Trinajstić information content (AvgIpc) is 2.27. The van der Waals surface area contributed by atoms with Gasteiger partial charge in [0.1, 0.15) is 6.23 Å². The Morgan fingerprint density at radius 3 is 2.56 bits per heavy atom. The van der Waals surface area contributed by atoms with E-state index in [1.807, 2.05) is 0 Å². The average molecular weight is 275 g/mol. The molecule has 0 aliphatic heterocycles. The maximum Gasteiger partial charge on any atom is 0.311 e. The number of anilines is 1. The van der Waals surface area contributed by atoms with Gasteiger partial charge in [-0.2, -0.15) is 0 Å². The van der Waals surface area contributed by atoms with Crippen molar-refractivity contribution < 1.29 is 18.1 Å². The van der Waals surface area contributed by atoms with Crippen molar-refractivity contribution in [3.63, 3.8) is 0 Å². The third-order valence-electron chi connectivity index (χ3n) is 2.12. The minimum atomic E-state index is -3.52. The van der Waals surface area contributed by atoms with Gasteiger partial charge in [-0.05, 0) is 13.0 Å². The van der Waals surface area contributed by atoms with E-state index in [0.717, 1.165) is 18.4 Å². The summed E-state index contributed by atoms with van der Waals surface area (Å²) in [6, 6.07) is 2.18. The molecule has 0 aliphatic carbocycles. The number of nitrogens with zero attached hydrogens (tertiary/aromatic N) is 2. The molecule has 1 N–H and O–H groups in total. The van der Waals surface area contributed by atoms with E-state index in [9.17, 15) is 18.5 Å². The summed E-state index contributed by atoms with van der Waals surface area (Å²) in [5, 5.41) is 13.2. The lowest BCUT2D eigenvalue weighted by molar-refractivity contribution is -0.384. The van der Waals surface area contributed by atoms with Gasteiger partial charge in [-0.3, -0.25) is 10.1 Å². The molecular weight excluding hydrogens is 262 g/mol. The minimum absolute atomic E-state index is 0.141. The summed E-state index contributed by atoms with van der Waals surface area (Å²) >= 11 is 0. The van der Waals surface area contributed by atoms with Gasteiger partial charge in [-0.15, -0.1) is 0 Å². The fraction of sp³-hybridized carbons (Fsp3) is 0.444. The number of hydrogen-bond acceptors (Lipinski definition) is 7. The van der Waals surface area contributed by atoms with Gasteiger partial charge >= 0.3 is 5.69 Å². The number of sulfone groups is 1. The molecule has 18 heavy (non-hydrogen) atoms. The third-order valence-corrected chi connectivity index (χ3v) is 3.11. The smallest absolute Gasteiger partial charge is 0.311 e. The largest absolute Gasteiger partial charge is 0.362 e. The van der Waals surface area contributed by atoms with Gasteiger partial charge in [0.05, 0.1) is 4.92 Å². The van der Waals surface area contributed by atoms with E-state index in [2.05, 4.69) is 10.3 Å². The van der Waals surface area contributed by atoms with Crippen LogP contribution in [0.3, 0.4) is 0 Å². The van der Waals surface area contributed by atoms with Crippen LogP contribution in [-0.2, 0) is 14.6 Å². The zero-order valence-electron chi connectivity index (χ0n) is 10.1. The summed E-state index contributed by atoms with van der Waals surface area (Å²) in [5.74, 6) is -0.141. The Hall–Kier alpha value is -1.74. The molecular formula is C9H13N3O5S. The molecule has 1 rings (SSSR count). The Balaban J connectivity index is 3.28. The summed E-state index contributed by atoms with van der Waals surface area (Å²) in [7, 11) is -2.12. The number of nitro groups is 1. The lowest BCUT2D eigenvalue weighted by Gasteiger charge is -2.12. The normalized spacial score (nSPS) is 13.1. The zero-order valence-corrected chi connectivity index (χ0v) is 10.9. The molecule has 0 bridgehead atoms. The van der Waals surface area contributed by atoms with Crippen LogP contribution in [0.2, 0.25) is 0 Å². The Morgan fingerprint density at radius 1 is 1.50 bits per heavy atom. The molecule has 9 heteroatoms. The van der Waals surface area contributed by atoms with Crippen LogP contribution in [0.4, 0.5) is 11.5 Å². The molecule has 8 nitrogen and oxygen atoms in total. The van der Waals surface area contributed by atoms with E-state index in [4.69, 9.17) is 4.74 Å². The van der Waals surface area contributed by atoms with E-state index >= 15 is 0 Å². The van der Waals surface area contributed by atoms with Crippen molar-refractivity contribution in [2.24, 2.45) is 0 Å². The third kappa shape index (κ3) is 3.37. The van der Waals surface area contributed by atoms with Crippen molar-refractivity contribution in [3.05, 3.63) is 22.2 Å². The highest BCUT2D eigenvalue weighted by Crippen LogP contribution is 2.24. The van der Waals surface area contributed by atoms with Crippen LogP contribution in [0, 0.1) is 10.1 Å². The van der Waals surface area contributed by atoms with Crippen molar-refractivity contribution >= 4 is 21.3 Å². The van der Waals surface area contributed by atoms with Crippen LogP contribution in [0.15, 0.2) is 17.2 Å². The van der Waals surface area contributed by atoms with Crippen molar-refractivity contribution in [1.82, 2.24) is 4.98 Å². The van der Waals surface area contributed by atoms with Crippen LogP contribution in [0.25, 0.3) is 0 Å². The first-order valence-electron chi connectivity index (χ1n) is 4.90. The van der Waals surface area contributed by atoms with E-state index in [1.54, 1.807) is 6.92 Å². The molecule has 1 atom stereocenters. The van der Waals surface area contributed by atoms with Crippen molar-refractivity contribution in [2.75, 3.05) is 18.7 Å². The Morgan fingerprint density at radius 2 is 2.11 bits per heavy atom. The quantitative estimate of drug-likeness (QED) is 0.480. The first kappa shape index (κ1) is 14.3. The van der Waals surface area contributed by atoms with Crippen molar-refractivity contribution in [1.29, 1.82) is 0 Å². The fourth-order valence-electron chi connectivity index (χ4n) is 1.15. The first-order valence-corrected chi connectivity index (χ1v) is 6.79. The Labute approximate surface area is 104 Å². The summed E-state index contributed by atoms with van der Waals surface area (Å²) in [6.07, 6.45) is 0.441. The second-order valence-electron chi connectivity index (χ2n) is 3.57. The van der Waals surface area contributed by atoms with Gasteiger partial charge in [0, 0.05) is 19.4 Å². The van der Waals surface area contributed by atoms with Crippen LogP contribution < -0.4 is 5.32 Å². The van der Waals surface area contributed by atoms with Crippen molar-refractivity contribution in [2.45, 2.75) is 18.2 Å². The number of rotatable bonds is 5. The van der Waals surface area contributed by atoms with Crippen LogP contribution in [-0.4, -0.2) is 37.9 Å². The lowest BCUT2D eigenvalue weighted by Crippen LogP contribution is -2.19. The van der Waals surface area contributed by atoms with Gasteiger partial charge in [0.25, 0.3) is 0 Å². The van der Waals surface area contributed by atoms with Crippen LogP contribution in [0.1, 0.15) is 6.92 Å². The maximum absolute atomic E-state index is 11.3. The summed E-state index contributed by atoms with van der Waals surface area (Å²) in [4.78, 5) is 13.9. The molecule has 1 aromatic heterocycles. The second-order valence-corrected chi connectivity index (χ2v) is 5.53. The van der Waals surface area contributed by atoms with Crippen LogP contribution in [0.5, 0.6) is 0 Å². The molecule has 1 heterocycles. The Bertz CT molecular complexity index is 557. The molecule has 0 fully saturated rings. The van der Waals surface area contributed by atoms with E-state index < -0.39 is 21.0 Å². The molecule has 1 aromatic rings. The van der Waals surface area contributed by atoms with E-state index in [0.29, 0.717) is 0 Å². The van der Waals surface area contributed by atoms with Gasteiger partial charge in [0.15, 0.2) is 14.9 Å². The molecule has 100 valence electrons. The van der Waals surface area contributed by atoms with E-state index in [1.165, 1.54) is 7.11 Å². The van der Waals surface area contributed by atoms with Crippen molar-refractivity contribution in [3.8, 4) is 0 Å². The molecule has 0 aliphatic rings. The van der Waals surface area contributed by atoms with Gasteiger partial charge < -0.3 is 10.1 Å². The SMILES string of the molecule is COC(C)Nc1nc(S(C)(=O)=O)ccc1[N+](=O)[O-]. The van der Waals surface area contributed by atoms with Gasteiger partial charge in [-0.25, -0.2) is 13.4 Å². The number of hydrogen-bond donors (Lipinski definition) is 1. The van der Waals surface area contributed by atoms with E-state index in [-0.39, 0.29) is 16.5 Å². The summed E-state index contributed by atoms with van der Waals surface area (Å²) < 4.78 is 27.6. The molecule has 0 saturated heterocycles. The molecule has 0 spiro atoms. The first-order chi connectivity index (χ1) is 8.25. The number of nitrogens with one attached hydrogen (secondary N) is 1. The highest BCUT2D eigenvalue weighted by molar-refractivity contribution is 7.90. The van der Waals surface area contributed by atoms with Crippen LogP contribution >= 0.6 is 0 Å².